The van der Waals surface area contributed by atoms with E-state index >= 15 is 0 Å². The van der Waals surface area contributed by atoms with Crippen LogP contribution in [0, 0.1) is 5.92 Å². The van der Waals surface area contributed by atoms with Crippen molar-refractivity contribution < 1.29 is 9.53 Å². The second-order valence-corrected chi connectivity index (χ2v) is 8.53. The Morgan fingerprint density at radius 2 is 1.57 bits per heavy atom. The lowest BCUT2D eigenvalue weighted by atomic mass is 9.90. The van der Waals surface area contributed by atoms with Gasteiger partial charge in [-0.05, 0) is 63.1 Å². The van der Waals surface area contributed by atoms with Crippen molar-refractivity contribution in [3.05, 3.63) is 60.2 Å². The average Bonchev–Trinajstić information content (AvgIpc) is 2.78. The lowest BCUT2D eigenvalue weighted by Crippen LogP contribution is -2.13. The van der Waals surface area contributed by atoms with E-state index in [0.717, 1.165) is 25.7 Å². The molecule has 0 aromatic heterocycles. The van der Waals surface area contributed by atoms with Crippen molar-refractivity contribution in [3.63, 3.8) is 0 Å². The molecule has 1 unspecified atom stereocenters. The maximum Gasteiger partial charge on any atom is 0.305 e. The Balaban J connectivity index is 1.43. The molecule has 0 spiro atoms. The molecule has 0 aliphatic carbocycles. The van der Waals surface area contributed by atoms with E-state index in [4.69, 9.17) is 4.74 Å². The van der Waals surface area contributed by atoms with Crippen molar-refractivity contribution in [2.75, 3.05) is 6.61 Å². The molecule has 0 fully saturated rings. The summed E-state index contributed by atoms with van der Waals surface area (Å²) in [6.07, 6.45) is 6.87. The van der Waals surface area contributed by atoms with Gasteiger partial charge in [-0.15, -0.1) is 0 Å². The maximum atomic E-state index is 12.2. The van der Waals surface area contributed by atoms with Gasteiger partial charge in [-0.2, -0.15) is 0 Å². The van der Waals surface area contributed by atoms with Crippen molar-refractivity contribution >= 4 is 38.3 Å². The lowest BCUT2D eigenvalue weighted by molar-refractivity contribution is -0.145. The molecule has 4 rings (SSSR count). The quantitative estimate of drug-likeness (QED) is 0.202. The van der Waals surface area contributed by atoms with Crippen LogP contribution in [-0.4, -0.2) is 12.6 Å². The second kappa shape index (κ2) is 9.47. The minimum absolute atomic E-state index is 0.0531. The van der Waals surface area contributed by atoms with E-state index in [2.05, 4.69) is 68.4 Å². The Morgan fingerprint density at radius 3 is 2.30 bits per heavy atom. The monoisotopic (exact) mass is 400 g/mol. The molecular weight excluding hydrogens is 368 g/mol. The van der Waals surface area contributed by atoms with Gasteiger partial charge < -0.3 is 4.74 Å². The van der Waals surface area contributed by atoms with Gasteiger partial charge >= 0.3 is 5.97 Å². The molecule has 0 heterocycles. The number of unbranched alkanes of at least 4 members (excludes halogenated alkanes) is 1. The summed E-state index contributed by atoms with van der Waals surface area (Å²) in [5, 5.41) is 7.89. The van der Waals surface area contributed by atoms with Gasteiger partial charge in [0.1, 0.15) is 0 Å². The van der Waals surface area contributed by atoms with Crippen LogP contribution in [0.4, 0.5) is 0 Å². The van der Waals surface area contributed by atoms with E-state index in [1.165, 1.54) is 50.7 Å². The van der Waals surface area contributed by atoms with Crippen LogP contribution in [0.5, 0.6) is 0 Å². The minimum Gasteiger partial charge on any atom is -0.465 e. The first kappa shape index (κ1) is 20.7. The van der Waals surface area contributed by atoms with Gasteiger partial charge in [-0.25, -0.2) is 0 Å². The van der Waals surface area contributed by atoms with Gasteiger partial charge in [0.2, 0.25) is 0 Å². The Labute approximate surface area is 179 Å². The molecular formula is C28H32O2. The molecule has 2 heteroatoms. The van der Waals surface area contributed by atoms with Crippen LogP contribution in [0.3, 0.4) is 0 Å². The van der Waals surface area contributed by atoms with Crippen LogP contribution in [0.2, 0.25) is 0 Å². The van der Waals surface area contributed by atoms with Crippen LogP contribution >= 0.6 is 0 Å². The summed E-state index contributed by atoms with van der Waals surface area (Å²) in [6.45, 7) is 4.97. The van der Waals surface area contributed by atoms with Crippen molar-refractivity contribution in [1.82, 2.24) is 0 Å². The Kier molecular flexibility index (Phi) is 6.52. The summed E-state index contributed by atoms with van der Waals surface area (Å²) in [5.74, 6) is 0.453. The summed E-state index contributed by atoms with van der Waals surface area (Å²) >= 11 is 0. The number of carbonyl (C=O) groups excluding carboxylic acids is 1. The largest absolute Gasteiger partial charge is 0.465 e. The summed E-state index contributed by atoms with van der Waals surface area (Å²) in [5.41, 5.74) is 1.32. The number of benzene rings is 4. The van der Waals surface area contributed by atoms with Crippen molar-refractivity contribution in [2.24, 2.45) is 5.92 Å². The van der Waals surface area contributed by atoms with Gasteiger partial charge in [0.25, 0.3) is 0 Å². The summed E-state index contributed by atoms with van der Waals surface area (Å²) in [7, 11) is 0. The molecule has 30 heavy (non-hydrogen) atoms. The zero-order chi connectivity index (χ0) is 20.9. The highest BCUT2D eigenvalue weighted by Gasteiger charge is 2.12. The van der Waals surface area contributed by atoms with Crippen molar-refractivity contribution in [3.8, 4) is 0 Å². The lowest BCUT2D eigenvalue weighted by Gasteiger charge is -2.15. The van der Waals surface area contributed by atoms with E-state index in [0.29, 0.717) is 18.9 Å². The number of ether oxygens (including phenoxy) is 1. The molecule has 0 radical (unpaired) electrons. The molecule has 1 atom stereocenters. The number of aryl methyl sites for hydroxylation is 1. The highest BCUT2D eigenvalue weighted by molar-refractivity contribution is 6.23. The normalized spacial score (nSPS) is 12.7. The summed E-state index contributed by atoms with van der Waals surface area (Å²) < 4.78 is 5.57. The fourth-order valence-electron chi connectivity index (χ4n) is 4.62. The Bertz CT molecular complexity index is 1110. The third-order valence-corrected chi connectivity index (χ3v) is 6.47. The molecule has 0 saturated carbocycles. The molecule has 0 saturated heterocycles. The fraction of sp³-hybridized carbons (Fsp3) is 0.393. The van der Waals surface area contributed by atoms with Gasteiger partial charge in [-0.1, -0.05) is 87.7 Å². The van der Waals surface area contributed by atoms with E-state index < -0.39 is 0 Å². The molecule has 2 nitrogen and oxygen atoms in total. The first-order chi connectivity index (χ1) is 14.7. The van der Waals surface area contributed by atoms with E-state index in [9.17, 15) is 4.79 Å². The highest BCUT2D eigenvalue weighted by atomic mass is 16.5. The molecule has 0 aliphatic rings. The van der Waals surface area contributed by atoms with E-state index in [1.807, 2.05) is 0 Å². The first-order valence-electron chi connectivity index (χ1n) is 11.5. The average molecular weight is 401 g/mol. The first-order valence-corrected chi connectivity index (χ1v) is 11.5. The molecule has 156 valence electrons. The van der Waals surface area contributed by atoms with Gasteiger partial charge in [-0.3, -0.25) is 4.79 Å². The van der Waals surface area contributed by atoms with Crippen LogP contribution in [0.15, 0.2) is 54.6 Å². The molecule has 4 aromatic carbocycles. The maximum absolute atomic E-state index is 12.2. The molecule has 4 aromatic rings. The molecule has 0 amide bonds. The van der Waals surface area contributed by atoms with E-state index in [1.54, 1.807) is 0 Å². The third kappa shape index (κ3) is 4.28. The summed E-state index contributed by atoms with van der Waals surface area (Å²) in [6, 6.07) is 19.9. The second-order valence-electron chi connectivity index (χ2n) is 8.53. The molecule has 0 N–H and O–H groups in total. The van der Waals surface area contributed by atoms with Crippen molar-refractivity contribution in [1.29, 1.82) is 0 Å². The van der Waals surface area contributed by atoms with E-state index in [-0.39, 0.29) is 5.97 Å². The van der Waals surface area contributed by atoms with Gasteiger partial charge in [0.05, 0.1) is 6.61 Å². The molecule has 0 aliphatic heterocycles. The van der Waals surface area contributed by atoms with Crippen LogP contribution in [-0.2, 0) is 16.0 Å². The number of carbonyl (C=O) groups is 1. The Morgan fingerprint density at radius 1 is 0.867 bits per heavy atom. The third-order valence-electron chi connectivity index (χ3n) is 6.47. The standard InChI is InChI=1S/C28H32O2/c1-3-5-8-20(4-2)19-30-26(29)12-7-9-21-13-14-24-16-15-22-10-6-11-23-17-18-25(21)28(24)27(22)23/h6,10-11,13-18,20H,3-5,7-9,12,19H2,1-2H3. The Hall–Kier alpha value is -2.61. The van der Waals surface area contributed by atoms with Crippen molar-refractivity contribution in [2.45, 2.75) is 58.8 Å². The SMILES string of the molecule is CCCCC(CC)COC(=O)CCCc1ccc2ccc3cccc4ccc1c2c34. The number of hydrogen-bond acceptors (Lipinski definition) is 2. The zero-order valence-corrected chi connectivity index (χ0v) is 18.2. The highest BCUT2D eigenvalue weighted by Crippen LogP contribution is 2.36. The minimum atomic E-state index is -0.0531. The van der Waals surface area contributed by atoms with Crippen LogP contribution in [0.1, 0.15) is 57.9 Å². The van der Waals surface area contributed by atoms with Gasteiger partial charge in [0, 0.05) is 6.42 Å². The van der Waals surface area contributed by atoms with Crippen LogP contribution in [0.25, 0.3) is 32.3 Å². The zero-order valence-electron chi connectivity index (χ0n) is 18.2. The smallest absolute Gasteiger partial charge is 0.305 e. The molecule has 0 bridgehead atoms. The fourth-order valence-corrected chi connectivity index (χ4v) is 4.62. The van der Waals surface area contributed by atoms with Gasteiger partial charge in [0.15, 0.2) is 0 Å². The predicted octanol–water partition coefficient (Wildman–Crippen LogP) is 7.67. The predicted molar refractivity (Wildman–Crippen MR) is 127 cm³/mol. The summed E-state index contributed by atoms with van der Waals surface area (Å²) in [4.78, 5) is 12.2. The number of rotatable bonds is 10. The van der Waals surface area contributed by atoms with Crippen LogP contribution < -0.4 is 0 Å². The number of esters is 1. The number of hydrogen-bond donors (Lipinski definition) is 0. The topological polar surface area (TPSA) is 26.3 Å².